The van der Waals surface area contributed by atoms with Gasteiger partial charge in [0.15, 0.2) is 0 Å². The molecule has 0 unspecified atom stereocenters. The summed E-state index contributed by atoms with van der Waals surface area (Å²) < 4.78 is 38.7. The van der Waals surface area contributed by atoms with E-state index in [0.717, 1.165) is 16.8 Å². The smallest absolute Gasteiger partial charge is 0.341 e. The predicted octanol–water partition coefficient (Wildman–Crippen LogP) is 4.64. The summed E-state index contributed by atoms with van der Waals surface area (Å²) in [5, 5.41) is 4.55. The van der Waals surface area contributed by atoms with Gasteiger partial charge in [-0.3, -0.25) is 4.79 Å². The number of carbonyl (C=O) groups excluding carboxylic acids is 1. The van der Waals surface area contributed by atoms with Crippen LogP contribution in [0.3, 0.4) is 0 Å². The van der Waals surface area contributed by atoms with Crippen molar-refractivity contribution in [1.82, 2.24) is 5.32 Å². The van der Waals surface area contributed by atoms with Crippen LogP contribution in [0.5, 0.6) is 0 Å². The van der Waals surface area contributed by atoms with Crippen molar-refractivity contribution in [2.75, 3.05) is 6.54 Å². The Kier molecular flexibility index (Phi) is 4.94. The van der Waals surface area contributed by atoms with Crippen LogP contribution in [-0.2, 0) is 6.18 Å². The lowest BCUT2D eigenvalue weighted by Gasteiger charge is -2.08. The largest absolute Gasteiger partial charge is 0.417 e. The van der Waals surface area contributed by atoms with Crippen LogP contribution in [0.1, 0.15) is 21.5 Å². The molecule has 3 rings (SSSR count). The molecule has 26 heavy (non-hydrogen) atoms. The minimum atomic E-state index is -4.46. The van der Waals surface area contributed by atoms with Crippen LogP contribution in [0.25, 0.3) is 10.8 Å². The van der Waals surface area contributed by atoms with Crippen molar-refractivity contribution in [2.24, 2.45) is 0 Å². The van der Waals surface area contributed by atoms with Gasteiger partial charge in [-0.2, -0.15) is 13.2 Å². The van der Waals surface area contributed by atoms with Gasteiger partial charge in [0.25, 0.3) is 5.91 Å². The molecule has 0 radical (unpaired) electrons. The lowest BCUT2D eigenvalue weighted by molar-refractivity contribution is -0.137. The van der Waals surface area contributed by atoms with Gasteiger partial charge in [-0.15, -0.1) is 0 Å². The second kappa shape index (κ2) is 7.32. The van der Waals surface area contributed by atoms with Gasteiger partial charge in [0.1, 0.15) is 0 Å². The first-order chi connectivity index (χ1) is 12.4. The van der Waals surface area contributed by atoms with Crippen LogP contribution >= 0.6 is 0 Å². The maximum atomic E-state index is 12.9. The van der Waals surface area contributed by atoms with E-state index in [4.69, 9.17) is 0 Å². The standard InChI is InChI=1S/C21H14F3NO/c22-21(23,24)19-10-4-3-7-16(19)9-5-13-25-20(26)18-12-11-15-6-1-2-8-17(15)14-18/h1-4,6-8,10-12,14H,13H2,(H,25,26). The summed E-state index contributed by atoms with van der Waals surface area (Å²) in [6.45, 7) is -0.0438. The molecule has 0 spiro atoms. The summed E-state index contributed by atoms with van der Waals surface area (Å²) in [5.74, 6) is 4.72. The van der Waals surface area contributed by atoms with Gasteiger partial charge in [0, 0.05) is 11.1 Å². The molecule has 0 aliphatic rings. The first-order valence-electron chi connectivity index (χ1n) is 7.87. The van der Waals surface area contributed by atoms with Crippen LogP contribution < -0.4 is 5.32 Å². The van der Waals surface area contributed by atoms with Gasteiger partial charge in [0.05, 0.1) is 12.1 Å². The van der Waals surface area contributed by atoms with Gasteiger partial charge in [-0.25, -0.2) is 0 Å². The average Bonchev–Trinajstić information content (AvgIpc) is 2.64. The number of fused-ring (bicyclic) bond motifs is 1. The highest BCUT2D eigenvalue weighted by Crippen LogP contribution is 2.31. The molecule has 3 aromatic rings. The third kappa shape index (κ3) is 4.04. The molecular weight excluding hydrogens is 339 g/mol. The lowest BCUT2D eigenvalue weighted by Crippen LogP contribution is -2.23. The maximum absolute atomic E-state index is 12.9. The Hall–Kier alpha value is -3.26. The summed E-state index contributed by atoms with van der Waals surface area (Å²) >= 11 is 0. The number of alkyl halides is 3. The maximum Gasteiger partial charge on any atom is 0.417 e. The topological polar surface area (TPSA) is 29.1 Å². The van der Waals surface area contributed by atoms with Crippen molar-refractivity contribution in [3.05, 3.63) is 83.4 Å². The highest BCUT2D eigenvalue weighted by atomic mass is 19.4. The van der Waals surface area contributed by atoms with Crippen molar-refractivity contribution >= 4 is 16.7 Å². The lowest BCUT2D eigenvalue weighted by atomic mass is 10.1. The van der Waals surface area contributed by atoms with Crippen molar-refractivity contribution in [2.45, 2.75) is 6.18 Å². The zero-order valence-electron chi connectivity index (χ0n) is 13.6. The van der Waals surface area contributed by atoms with Crippen molar-refractivity contribution < 1.29 is 18.0 Å². The molecule has 3 aromatic carbocycles. The molecule has 130 valence electrons. The first kappa shape index (κ1) is 17.6. The minimum Gasteiger partial charge on any atom is -0.341 e. The Morgan fingerprint density at radius 1 is 0.923 bits per heavy atom. The van der Waals surface area contributed by atoms with E-state index in [2.05, 4.69) is 17.2 Å². The number of benzene rings is 3. The molecule has 0 fully saturated rings. The monoisotopic (exact) mass is 353 g/mol. The van der Waals surface area contributed by atoms with Crippen molar-refractivity contribution in [1.29, 1.82) is 0 Å². The molecule has 0 aliphatic carbocycles. The van der Waals surface area contributed by atoms with Gasteiger partial charge in [0.2, 0.25) is 0 Å². The molecule has 0 saturated carbocycles. The zero-order chi connectivity index (χ0) is 18.6. The highest BCUT2D eigenvalue weighted by Gasteiger charge is 2.32. The fourth-order valence-electron chi connectivity index (χ4n) is 2.54. The van der Waals surface area contributed by atoms with Gasteiger partial charge >= 0.3 is 6.18 Å². The fourth-order valence-corrected chi connectivity index (χ4v) is 2.54. The fraction of sp³-hybridized carbons (Fsp3) is 0.0952. The van der Waals surface area contributed by atoms with E-state index in [1.165, 1.54) is 18.2 Å². The summed E-state index contributed by atoms with van der Waals surface area (Å²) in [7, 11) is 0. The first-order valence-corrected chi connectivity index (χ1v) is 7.87. The molecule has 0 saturated heterocycles. The molecule has 0 aromatic heterocycles. The van der Waals surface area contributed by atoms with Crippen LogP contribution in [0.2, 0.25) is 0 Å². The number of amides is 1. The molecule has 0 aliphatic heterocycles. The zero-order valence-corrected chi connectivity index (χ0v) is 13.6. The summed E-state index contributed by atoms with van der Waals surface area (Å²) in [5.41, 5.74) is -0.422. The molecule has 0 atom stereocenters. The van der Waals surface area contributed by atoms with E-state index in [-0.39, 0.29) is 18.0 Å². The molecule has 5 heteroatoms. The van der Waals surface area contributed by atoms with Crippen LogP contribution in [-0.4, -0.2) is 12.5 Å². The van der Waals surface area contributed by atoms with Crippen molar-refractivity contribution in [3.63, 3.8) is 0 Å². The van der Waals surface area contributed by atoms with Gasteiger partial charge in [-0.05, 0) is 35.0 Å². The van der Waals surface area contributed by atoms with Gasteiger partial charge < -0.3 is 5.32 Å². The average molecular weight is 353 g/mol. The SMILES string of the molecule is O=C(NCC#Cc1ccccc1C(F)(F)F)c1ccc2ccccc2c1. The van der Waals surface area contributed by atoms with E-state index < -0.39 is 11.7 Å². The second-order valence-electron chi connectivity index (χ2n) is 5.59. The third-order valence-corrected chi connectivity index (χ3v) is 3.80. The quantitative estimate of drug-likeness (QED) is 0.668. The molecule has 1 N–H and O–H groups in total. The highest BCUT2D eigenvalue weighted by molar-refractivity contribution is 5.98. The van der Waals surface area contributed by atoms with E-state index in [9.17, 15) is 18.0 Å². The molecule has 2 nitrogen and oxygen atoms in total. The summed E-state index contributed by atoms with van der Waals surface area (Å²) in [6, 6.07) is 18.0. The Balaban J connectivity index is 1.69. The van der Waals surface area contributed by atoms with E-state index in [1.807, 2.05) is 30.3 Å². The van der Waals surface area contributed by atoms with E-state index in [1.54, 1.807) is 12.1 Å². The predicted molar refractivity (Wildman–Crippen MR) is 94.6 cm³/mol. The van der Waals surface area contributed by atoms with E-state index >= 15 is 0 Å². The number of rotatable bonds is 2. The number of halogens is 3. The van der Waals surface area contributed by atoms with Crippen LogP contribution in [0.15, 0.2) is 66.7 Å². The molecule has 1 amide bonds. The number of carbonyl (C=O) groups is 1. The Morgan fingerprint density at radius 3 is 2.38 bits per heavy atom. The van der Waals surface area contributed by atoms with Crippen molar-refractivity contribution in [3.8, 4) is 11.8 Å². The summed E-state index contributed by atoms with van der Waals surface area (Å²) in [4.78, 5) is 12.2. The number of hydrogen-bond acceptors (Lipinski definition) is 1. The molecule has 0 heterocycles. The number of nitrogens with one attached hydrogen (secondary N) is 1. The molecule has 0 bridgehead atoms. The Labute approximate surface area is 148 Å². The summed E-state index contributed by atoms with van der Waals surface area (Å²) in [6.07, 6.45) is -4.46. The Bertz CT molecular complexity index is 1010. The van der Waals surface area contributed by atoms with Gasteiger partial charge in [-0.1, -0.05) is 54.3 Å². The third-order valence-electron chi connectivity index (χ3n) is 3.80. The molecular formula is C21H14F3NO. The minimum absolute atomic E-state index is 0.0438. The van der Waals surface area contributed by atoms with Crippen LogP contribution in [0, 0.1) is 11.8 Å². The van der Waals surface area contributed by atoms with Crippen LogP contribution in [0.4, 0.5) is 13.2 Å². The van der Waals surface area contributed by atoms with E-state index in [0.29, 0.717) is 5.56 Å². The number of hydrogen-bond donors (Lipinski definition) is 1. The second-order valence-corrected chi connectivity index (χ2v) is 5.59. The Morgan fingerprint density at radius 2 is 1.62 bits per heavy atom. The normalized spacial score (nSPS) is 10.9.